The summed E-state index contributed by atoms with van der Waals surface area (Å²) in [6.07, 6.45) is 5.67. The minimum absolute atomic E-state index is 0.0269. The third kappa shape index (κ3) is 5.76. The van der Waals surface area contributed by atoms with E-state index in [1.165, 1.54) is 24.5 Å². The minimum atomic E-state index is -3.36. The number of H-pyrrole nitrogens is 1. The summed E-state index contributed by atoms with van der Waals surface area (Å²) in [6, 6.07) is 23.2. The number of aromatic nitrogens is 2. The Labute approximate surface area is 233 Å². The molecule has 1 unspecified atom stereocenters. The summed E-state index contributed by atoms with van der Waals surface area (Å²) < 4.78 is 47.9. The number of sulfone groups is 2. The largest absolute Gasteiger partial charge is 0.360 e. The summed E-state index contributed by atoms with van der Waals surface area (Å²) in [5.74, 6) is -0.195. The molecule has 0 amide bonds. The van der Waals surface area contributed by atoms with E-state index in [9.17, 15) is 21.6 Å². The monoisotopic (exact) mass is 572 g/mol. The van der Waals surface area contributed by atoms with Crippen LogP contribution in [0, 0.1) is 0 Å². The highest BCUT2D eigenvalue weighted by Crippen LogP contribution is 2.35. The number of hydrogen-bond acceptors (Lipinski definition) is 6. The SMILES string of the molecule is CC(CS(C)(=O)=O)c1cc(-c2cccc(-c3c(-c4ccc(S(C)(=O)=O)cc4)[nH]ccc3=O)c2)c2ncccc2c1. The predicted molar refractivity (Wildman–Crippen MR) is 160 cm³/mol. The van der Waals surface area contributed by atoms with E-state index in [-0.39, 0.29) is 22.0 Å². The van der Waals surface area contributed by atoms with E-state index in [1.807, 2.05) is 55.5 Å². The third-order valence-electron chi connectivity index (χ3n) is 6.84. The molecular weight excluding hydrogens is 544 g/mol. The van der Waals surface area contributed by atoms with Crippen LogP contribution in [0.2, 0.25) is 0 Å². The summed E-state index contributed by atoms with van der Waals surface area (Å²) >= 11 is 0. The highest BCUT2D eigenvalue weighted by Gasteiger charge is 2.18. The molecule has 0 aliphatic carbocycles. The Morgan fingerprint density at radius 2 is 1.55 bits per heavy atom. The number of nitrogens with one attached hydrogen (secondary N) is 1. The molecule has 5 aromatic rings. The smallest absolute Gasteiger partial charge is 0.189 e. The maximum atomic E-state index is 13.2. The molecule has 0 saturated carbocycles. The van der Waals surface area contributed by atoms with Crippen LogP contribution in [0.4, 0.5) is 0 Å². The Morgan fingerprint density at radius 3 is 2.25 bits per heavy atom. The van der Waals surface area contributed by atoms with Gasteiger partial charge >= 0.3 is 0 Å². The van der Waals surface area contributed by atoms with Crippen molar-refractivity contribution in [2.75, 3.05) is 18.3 Å². The first kappa shape index (κ1) is 27.5. The van der Waals surface area contributed by atoms with Gasteiger partial charge in [-0.1, -0.05) is 43.3 Å². The lowest BCUT2D eigenvalue weighted by atomic mass is 9.91. The van der Waals surface area contributed by atoms with Gasteiger partial charge in [-0.15, -0.1) is 0 Å². The van der Waals surface area contributed by atoms with Crippen molar-refractivity contribution in [3.63, 3.8) is 0 Å². The maximum absolute atomic E-state index is 13.2. The Morgan fingerprint density at radius 1 is 0.825 bits per heavy atom. The van der Waals surface area contributed by atoms with Crippen LogP contribution in [0.3, 0.4) is 0 Å². The van der Waals surface area contributed by atoms with E-state index in [2.05, 4.69) is 9.97 Å². The lowest BCUT2D eigenvalue weighted by Crippen LogP contribution is -2.10. The summed E-state index contributed by atoms with van der Waals surface area (Å²) in [7, 11) is -6.54. The Bertz CT molecular complexity index is 2010. The standard InChI is InChI=1S/C31H28N2O5S2/c1-20(19-39(2,35)36)25-17-24-8-5-14-32-30(24)27(18-25)22-6-4-7-23(16-22)29-28(34)13-15-33-31(29)21-9-11-26(12-10-21)40(3,37)38/h4-18,20H,19H2,1-3H3,(H,33,34). The first-order valence-electron chi connectivity index (χ1n) is 12.6. The van der Waals surface area contributed by atoms with Gasteiger partial charge in [0.2, 0.25) is 0 Å². The topological polar surface area (TPSA) is 114 Å². The van der Waals surface area contributed by atoms with Gasteiger partial charge in [0.05, 0.1) is 27.4 Å². The Kier molecular flexibility index (Phi) is 7.20. The van der Waals surface area contributed by atoms with Crippen molar-refractivity contribution in [2.24, 2.45) is 0 Å². The fourth-order valence-corrected chi connectivity index (χ4v) is 6.71. The molecule has 0 aliphatic heterocycles. The maximum Gasteiger partial charge on any atom is 0.189 e. The van der Waals surface area contributed by atoms with Crippen molar-refractivity contribution in [3.8, 4) is 33.5 Å². The average Bonchev–Trinajstić information content (AvgIpc) is 2.91. The number of rotatable bonds is 7. The van der Waals surface area contributed by atoms with Gasteiger partial charge in [0.15, 0.2) is 15.3 Å². The van der Waals surface area contributed by atoms with Gasteiger partial charge in [-0.2, -0.15) is 0 Å². The van der Waals surface area contributed by atoms with Crippen LogP contribution in [-0.2, 0) is 19.7 Å². The second-order valence-corrected chi connectivity index (χ2v) is 14.3. The molecule has 0 bridgehead atoms. The van der Waals surface area contributed by atoms with Crippen molar-refractivity contribution in [1.82, 2.24) is 9.97 Å². The molecule has 0 radical (unpaired) electrons. The van der Waals surface area contributed by atoms with Crippen LogP contribution in [0.15, 0.2) is 101 Å². The summed E-state index contributed by atoms with van der Waals surface area (Å²) in [5, 5.41) is 0.893. The van der Waals surface area contributed by atoms with E-state index in [1.54, 1.807) is 24.5 Å². The number of fused-ring (bicyclic) bond motifs is 1. The second-order valence-electron chi connectivity index (χ2n) is 10.1. The number of hydrogen-bond donors (Lipinski definition) is 1. The highest BCUT2D eigenvalue weighted by molar-refractivity contribution is 7.91. The molecule has 204 valence electrons. The van der Waals surface area contributed by atoms with Crippen LogP contribution >= 0.6 is 0 Å². The molecule has 0 aliphatic rings. The normalized spacial score (nSPS) is 12.9. The molecule has 1 atom stereocenters. The summed E-state index contributed by atoms with van der Waals surface area (Å²) in [4.78, 5) is 21.2. The van der Waals surface area contributed by atoms with Crippen molar-refractivity contribution in [2.45, 2.75) is 17.7 Å². The number of benzene rings is 3. The van der Waals surface area contributed by atoms with Gasteiger partial charge in [0.1, 0.15) is 9.84 Å². The van der Waals surface area contributed by atoms with E-state index < -0.39 is 19.7 Å². The van der Waals surface area contributed by atoms with Gasteiger partial charge in [-0.3, -0.25) is 9.78 Å². The first-order valence-corrected chi connectivity index (χ1v) is 16.6. The van der Waals surface area contributed by atoms with Crippen LogP contribution < -0.4 is 5.43 Å². The fourth-order valence-electron chi connectivity index (χ4n) is 4.98. The van der Waals surface area contributed by atoms with E-state index in [0.29, 0.717) is 22.4 Å². The number of nitrogens with zero attached hydrogens (tertiary/aromatic N) is 1. The van der Waals surface area contributed by atoms with Crippen molar-refractivity contribution in [1.29, 1.82) is 0 Å². The minimum Gasteiger partial charge on any atom is -0.360 e. The zero-order valence-corrected chi connectivity index (χ0v) is 23.9. The van der Waals surface area contributed by atoms with Gasteiger partial charge in [0, 0.05) is 41.9 Å². The van der Waals surface area contributed by atoms with Gasteiger partial charge in [0.25, 0.3) is 0 Å². The van der Waals surface area contributed by atoms with Crippen LogP contribution in [0.5, 0.6) is 0 Å². The number of aromatic amines is 1. The van der Waals surface area contributed by atoms with Crippen LogP contribution in [0.25, 0.3) is 44.4 Å². The molecule has 3 aromatic carbocycles. The van der Waals surface area contributed by atoms with Crippen LogP contribution in [-0.4, -0.2) is 45.1 Å². The average molecular weight is 573 g/mol. The molecule has 9 heteroatoms. The molecule has 1 N–H and O–H groups in total. The summed E-state index contributed by atoms with van der Waals surface area (Å²) in [6.45, 7) is 1.89. The van der Waals surface area contributed by atoms with Crippen molar-refractivity contribution >= 4 is 30.6 Å². The lowest BCUT2D eigenvalue weighted by Gasteiger charge is -2.16. The molecule has 5 rings (SSSR count). The fraction of sp³-hybridized carbons (Fsp3) is 0.161. The van der Waals surface area contributed by atoms with Crippen molar-refractivity contribution < 1.29 is 16.8 Å². The molecule has 0 spiro atoms. The highest BCUT2D eigenvalue weighted by atomic mass is 32.2. The molecular formula is C31H28N2O5S2. The molecule has 40 heavy (non-hydrogen) atoms. The zero-order valence-electron chi connectivity index (χ0n) is 22.2. The first-order chi connectivity index (χ1) is 18.9. The summed E-state index contributed by atoms with van der Waals surface area (Å²) in [5.41, 5.74) is 5.52. The van der Waals surface area contributed by atoms with E-state index in [4.69, 9.17) is 0 Å². The third-order valence-corrected chi connectivity index (χ3v) is 9.08. The molecule has 7 nitrogen and oxygen atoms in total. The lowest BCUT2D eigenvalue weighted by molar-refractivity contribution is 0.596. The molecule has 2 aromatic heterocycles. The van der Waals surface area contributed by atoms with Crippen molar-refractivity contribution in [3.05, 3.63) is 107 Å². The molecule has 0 fully saturated rings. The van der Waals surface area contributed by atoms with E-state index >= 15 is 0 Å². The number of pyridine rings is 2. The van der Waals surface area contributed by atoms with Gasteiger partial charge < -0.3 is 4.98 Å². The predicted octanol–water partition coefficient (Wildman–Crippen LogP) is 5.48. The Hall–Kier alpha value is -4.08. The van der Waals surface area contributed by atoms with Gasteiger partial charge in [-0.25, -0.2) is 16.8 Å². The second kappa shape index (κ2) is 10.5. The van der Waals surface area contributed by atoms with Crippen LogP contribution in [0.1, 0.15) is 18.4 Å². The van der Waals surface area contributed by atoms with Gasteiger partial charge in [-0.05, 0) is 64.6 Å². The Balaban J connectivity index is 1.66. The molecule has 0 saturated heterocycles. The quantitative estimate of drug-likeness (QED) is 0.276. The van der Waals surface area contributed by atoms with E-state index in [0.717, 1.165) is 33.8 Å². The zero-order chi connectivity index (χ0) is 28.7. The molecule has 2 heterocycles.